The molecule has 1 aromatic heterocycles. The van der Waals surface area contributed by atoms with Crippen LogP contribution in [0.1, 0.15) is 22.3 Å². The minimum absolute atomic E-state index is 0.524. The number of fused-ring (bicyclic) bond motifs is 7. The second kappa shape index (κ2) is 17.4. The lowest BCUT2D eigenvalue weighted by atomic mass is 9.67. The molecule has 14 rings (SSSR count). The molecule has 1 heterocycles. The topological polar surface area (TPSA) is 8.17 Å². The normalized spacial score (nSPS) is 12.5. The highest BCUT2D eigenvalue weighted by molar-refractivity contribution is 6.11. The minimum Gasteiger partial charge on any atom is -0.310 e. The molecule has 0 amide bonds. The summed E-state index contributed by atoms with van der Waals surface area (Å²) >= 11 is 0. The third-order valence-electron chi connectivity index (χ3n) is 15.2. The van der Waals surface area contributed by atoms with Crippen LogP contribution in [-0.4, -0.2) is 4.57 Å². The maximum absolute atomic E-state index is 2.46. The van der Waals surface area contributed by atoms with E-state index < -0.39 is 5.41 Å². The summed E-state index contributed by atoms with van der Waals surface area (Å²) in [6.45, 7) is 0. The highest BCUT2D eigenvalue weighted by Gasteiger charge is 2.46. The van der Waals surface area contributed by atoms with E-state index >= 15 is 0 Å². The van der Waals surface area contributed by atoms with Gasteiger partial charge in [0, 0.05) is 33.5 Å². The number of nitrogens with zero attached hydrogens (tertiary/aromatic N) is 2. The van der Waals surface area contributed by atoms with Crippen molar-refractivity contribution < 1.29 is 0 Å². The van der Waals surface area contributed by atoms with Gasteiger partial charge in [-0.1, -0.05) is 218 Å². The average molecular weight is 929 g/mol. The molecule has 0 aliphatic heterocycles. The zero-order chi connectivity index (χ0) is 48.3. The smallest absolute Gasteiger partial charge is 0.0714 e. The van der Waals surface area contributed by atoms with E-state index in [1.807, 2.05) is 0 Å². The number of hydrogen-bond donors (Lipinski definition) is 0. The second-order valence-corrected chi connectivity index (χ2v) is 19.3. The predicted octanol–water partition coefficient (Wildman–Crippen LogP) is 18.8. The molecular weight excluding hydrogens is 881 g/mol. The van der Waals surface area contributed by atoms with E-state index in [0.717, 1.165) is 33.9 Å². The Balaban J connectivity index is 0.897. The Labute approximate surface area is 426 Å². The predicted molar refractivity (Wildman–Crippen MR) is 307 cm³/mol. The maximum Gasteiger partial charge on any atom is 0.0714 e. The van der Waals surface area contributed by atoms with Crippen molar-refractivity contribution in [3.8, 4) is 50.2 Å². The lowest BCUT2D eigenvalue weighted by molar-refractivity contribution is 0.768. The molecule has 73 heavy (non-hydrogen) atoms. The van der Waals surface area contributed by atoms with Gasteiger partial charge in [0.1, 0.15) is 0 Å². The summed E-state index contributed by atoms with van der Waals surface area (Å²) in [6, 6.07) is 107. The lowest BCUT2D eigenvalue weighted by Gasteiger charge is -2.35. The van der Waals surface area contributed by atoms with Crippen molar-refractivity contribution in [3.05, 3.63) is 313 Å². The molecule has 0 saturated carbocycles. The summed E-state index contributed by atoms with van der Waals surface area (Å²) < 4.78 is 2.41. The third kappa shape index (κ3) is 7.02. The fourth-order valence-corrected chi connectivity index (χ4v) is 11.9. The largest absolute Gasteiger partial charge is 0.310 e. The van der Waals surface area contributed by atoms with Gasteiger partial charge in [-0.15, -0.1) is 0 Å². The van der Waals surface area contributed by atoms with Gasteiger partial charge in [0.05, 0.1) is 16.4 Å². The quantitative estimate of drug-likeness (QED) is 0.140. The maximum atomic E-state index is 2.46. The molecule has 0 fully saturated rings. The van der Waals surface area contributed by atoms with Gasteiger partial charge in [0.2, 0.25) is 0 Å². The molecule has 12 aromatic carbocycles. The first kappa shape index (κ1) is 42.4. The highest BCUT2D eigenvalue weighted by Crippen LogP contribution is 2.57. The zero-order valence-electron chi connectivity index (χ0n) is 40.1. The van der Waals surface area contributed by atoms with Crippen molar-refractivity contribution in [2.24, 2.45) is 0 Å². The number of anilines is 3. The Morgan fingerprint density at radius 3 is 1.58 bits per heavy atom. The zero-order valence-corrected chi connectivity index (χ0v) is 40.1. The first-order chi connectivity index (χ1) is 36.2. The van der Waals surface area contributed by atoms with Crippen LogP contribution in [0.5, 0.6) is 0 Å². The Bertz CT molecular complexity index is 4150. The summed E-state index contributed by atoms with van der Waals surface area (Å²) in [5.74, 6) is 0. The molecule has 0 spiro atoms. The molecule has 2 nitrogen and oxygen atoms in total. The van der Waals surface area contributed by atoms with Crippen molar-refractivity contribution in [2.45, 2.75) is 5.41 Å². The summed E-state index contributed by atoms with van der Waals surface area (Å²) in [4.78, 5) is 2.44. The lowest BCUT2D eigenvalue weighted by Crippen LogP contribution is -2.28. The van der Waals surface area contributed by atoms with Gasteiger partial charge < -0.3 is 9.47 Å². The monoisotopic (exact) mass is 928 g/mol. The van der Waals surface area contributed by atoms with Crippen LogP contribution >= 0.6 is 0 Å². The first-order valence-electron chi connectivity index (χ1n) is 25.2. The van der Waals surface area contributed by atoms with Crippen LogP contribution < -0.4 is 4.90 Å². The Morgan fingerprint density at radius 1 is 0.274 bits per heavy atom. The Morgan fingerprint density at radius 2 is 0.808 bits per heavy atom. The standard InChI is InChI=1S/C71H48N2/c1-4-18-49(19-5-1)51-34-38-59(39-35-51)72(62-41-42-64-63-30-12-14-32-67(63)71(68(64)48-62,57-25-6-2-7-26-57)58-27-8-3-9-28-58)60-29-17-24-55(46-60)52-22-16-23-53(44-52)56-37-43-70-66(47-56)65-31-13-15-33-69(65)73(70)61-40-36-50-20-10-11-21-54(50)45-61/h1-48H. The van der Waals surface area contributed by atoms with E-state index in [-0.39, 0.29) is 0 Å². The number of para-hydroxylation sites is 1. The van der Waals surface area contributed by atoms with Crippen LogP contribution in [0.25, 0.3) is 82.8 Å². The van der Waals surface area contributed by atoms with Gasteiger partial charge in [0.25, 0.3) is 0 Å². The Hall–Kier alpha value is -9.50. The average Bonchev–Trinajstić information content (AvgIpc) is 3.96. The van der Waals surface area contributed by atoms with Crippen molar-refractivity contribution in [1.82, 2.24) is 4.57 Å². The molecule has 0 unspecified atom stereocenters. The summed E-state index contributed by atoms with van der Waals surface area (Å²) in [5, 5.41) is 4.96. The number of aromatic nitrogens is 1. The van der Waals surface area contributed by atoms with Crippen molar-refractivity contribution in [3.63, 3.8) is 0 Å². The molecule has 0 saturated heterocycles. The van der Waals surface area contributed by atoms with Crippen LogP contribution in [0.4, 0.5) is 17.1 Å². The minimum atomic E-state index is -0.524. The molecular formula is C71H48N2. The van der Waals surface area contributed by atoms with Crippen molar-refractivity contribution >= 4 is 49.6 Å². The number of rotatable bonds is 9. The number of hydrogen-bond acceptors (Lipinski definition) is 1. The molecule has 0 N–H and O–H groups in total. The van der Waals surface area contributed by atoms with Crippen LogP contribution in [0.15, 0.2) is 291 Å². The molecule has 1 aliphatic carbocycles. The third-order valence-corrected chi connectivity index (χ3v) is 15.2. The molecule has 0 atom stereocenters. The van der Waals surface area contributed by atoms with E-state index in [4.69, 9.17) is 0 Å². The van der Waals surface area contributed by atoms with Crippen molar-refractivity contribution in [2.75, 3.05) is 4.90 Å². The van der Waals surface area contributed by atoms with Gasteiger partial charge in [0.15, 0.2) is 0 Å². The van der Waals surface area contributed by atoms with Gasteiger partial charge >= 0.3 is 0 Å². The molecule has 2 heteroatoms. The molecule has 342 valence electrons. The number of benzene rings is 12. The summed E-state index contributed by atoms with van der Waals surface area (Å²) in [6.07, 6.45) is 0. The SMILES string of the molecule is c1ccc(-c2ccc(N(c3cccc(-c4cccc(-c5ccc6c(c5)c5ccccc5n6-c5ccc6ccccc6c5)c4)c3)c3ccc4c(c3)C(c3ccccc3)(c3ccccc3)c3ccccc3-4)cc2)cc1. The van der Waals surface area contributed by atoms with Gasteiger partial charge in [-0.05, 0) is 150 Å². The van der Waals surface area contributed by atoms with E-state index in [1.54, 1.807) is 0 Å². The van der Waals surface area contributed by atoms with Crippen LogP contribution in [0.3, 0.4) is 0 Å². The van der Waals surface area contributed by atoms with Gasteiger partial charge in [-0.3, -0.25) is 0 Å². The molecule has 0 radical (unpaired) electrons. The van der Waals surface area contributed by atoms with Crippen LogP contribution in [0.2, 0.25) is 0 Å². The van der Waals surface area contributed by atoms with Crippen molar-refractivity contribution in [1.29, 1.82) is 0 Å². The Kier molecular flexibility index (Phi) is 10.1. The molecule has 13 aromatic rings. The highest BCUT2D eigenvalue weighted by atomic mass is 15.1. The fourth-order valence-electron chi connectivity index (χ4n) is 11.9. The van der Waals surface area contributed by atoms with Gasteiger partial charge in [-0.25, -0.2) is 0 Å². The fraction of sp³-hybridized carbons (Fsp3) is 0.0141. The first-order valence-corrected chi connectivity index (χ1v) is 25.2. The summed E-state index contributed by atoms with van der Waals surface area (Å²) in [5.41, 5.74) is 21.0. The van der Waals surface area contributed by atoms with Crippen LogP contribution in [-0.2, 0) is 5.41 Å². The van der Waals surface area contributed by atoms with E-state index in [9.17, 15) is 0 Å². The summed E-state index contributed by atoms with van der Waals surface area (Å²) in [7, 11) is 0. The van der Waals surface area contributed by atoms with E-state index in [0.29, 0.717) is 0 Å². The second-order valence-electron chi connectivity index (χ2n) is 19.3. The molecule has 1 aliphatic rings. The van der Waals surface area contributed by atoms with Crippen LogP contribution in [0, 0.1) is 0 Å². The van der Waals surface area contributed by atoms with Gasteiger partial charge in [-0.2, -0.15) is 0 Å². The van der Waals surface area contributed by atoms with E-state index in [2.05, 4.69) is 301 Å². The van der Waals surface area contributed by atoms with E-state index in [1.165, 1.54) is 88.2 Å². The molecule has 0 bridgehead atoms.